The number of hydrogen-bond donors (Lipinski definition) is 1. The number of fused-ring (bicyclic) bond motifs is 1. The summed E-state index contributed by atoms with van der Waals surface area (Å²) in [5, 5.41) is 5.32. The van der Waals surface area contributed by atoms with E-state index in [1.807, 2.05) is 48.5 Å². The van der Waals surface area contributed by atoms with Gasteiger partial charge >= 0.3 is 0 Å². The van der Waals surface area contributed by atoms with Crippen molar-refractivity contribution in [2.24, 2.45) is 0 Å². The van der Waals surface area contributed by atoms with Crippen LogP contribution in [0.4, 0.5) is 10.1 Å². The van der Waals surface area contributed by atoms with Gasteiger partial charge in [-0.25, -0.2) is 4.39 Å². The van der Waals surface area contributed by atoms with Gasteiger partial charge in [0.1, 0.15) is 5.82 Å². The minimum Gasteiger partial charge on any atom is -0.322 e. The van der Waals surface area contributed by atoms with Gasteiger partial charge in [-0.05, 0) is 114 Å². The highest BCUT2D eigenvalue weighted by atomic mass is 19.1. The van der Waals surface area contributed by atoms with E-state index < -0.39 is 0 Å². The van der Waals surface area contributed by atoms with Crippen LogP contribution >= 0.6 is 0 Å². The van der Waals surface area contributed by atoms with Gasteiger partial charge in [0.25, 0.3) is 5.91 Å². The summed E-state index contributed by atoms with van der Waals surface area (Å²) in [6.45, 7) is 5.07. The second-order valence-corrected chi connectivity index (χ2v) is 10.9. The topological polar surface area (TPSA) is 32.3 Å². The SMILES string of the molecule is Cc1ccc(-c2ccc(C(=O)Nc3ccc4cc(CN5CCC(c6ccc(F)cc6)CC5)ccc4c3)cc2)cc1. The maximum Gasteiger partial charge on any atom is 0.255 e. The van der Waals surface area contributed by atoms with Crippen molar-refractivity contribution in [1.29, 1.82) is 0 Å². The van der Waals surface area contributed by atoms with Crippen LogP contribution in [-0.4, -0.2) is 23.9 Å². The summed E-state index contributed by atoms with van der Waals surface area (Å²) in [5.41, 5.74) is 7.42. The van der Waals surface area contributed by atoms with E-state index in [0.29, 0.717) is 11.5 Å². The van der Waals surface area contributed by atoms with Crippen LogP contribution in [0.15, 0.2) is 109 Å². The number of nitrogens with zero attached hydrogens (tertiary/aromatic N) is 1. The minimum atomic E-state index is -0.171. The van der Waals surface area contributed by atoms with Crippen LogP contribution in [0, 0.1) is 12.7 Å². The van der Waals surface area contributed by atoms with Gasteiger partial charge in [0.05, 0.1) is 0 Å². The smallest absolute Gasteiger partial charge is 0.255 e. The van der Waals surface area contributed by atoms with E-state index in [1.54, 1.807) is 12.1 Å². The summed E-state index contributed by atoms with van der Waals surface area (Å²) in [6, 6.07) is 35.8. The molecular weight excluding hydrogens is 495 g/mol. The second kappa shape index (κ2) is 11.4. The van der Waals surface area contributed by atoms with Crippen molar-refractivity contribution in [2.75, 3.05) is 18.4 Å². The molecule has 5 aromatic carbocycles. The van der Waals surface area contributed by atoms with Gasteiger partial charge < -0.3 is 5.32 Å². The number of anilines is 1. The lowest BCUT2D eigenvalue weighted by Crippen LogP contribution is -2.32. The van der Waals surface area contributed by atoms with E-state index in [0.717, 1.165) is 54.7 Å². The lowest BCUT2D eigenvalue weighted by atomic mass is 9.89. The Labute approximate surface area is 235 Å². The van der Waals surface area contributed by atoms with Crippen LogP contribution in [0.1, 0.15) is 45.8 Å². The fraction of sp³-hybridized carbons (Fsp3) is 0.194. The number of nitrogens with one attached hydrogen (secondary N) is 1. The first-order chi connectivity index (χ1) is 19.5. The first-order valence-corrected chi connectivity index (χ1v) is 14.0. The van der Waals surface area contributed by atoms with Crippen LogP contribution in [0.2, 0.25) is 0 Å². The Kier molecular flexibility index (Phi) is 7.43. The van der Waals surface area contributed by atoms with E-state index in [2.05, 4.69) is 65.7 Å². The normalized spacial score (nSPS) is 14.3. The van der Waals surface area contributed by atoms with E-state index >= 15 is 0 Å². The third kappa shape index (κ3) is 5.98. The molecule has 40 heavy (non-hydrogen) atoms. The van der Waals surface area contributed by atoms with Crippen molar-refractivity contribution in [3.05, 3.63) is 137 Å². The number of hydrogen-bond acceptors (Lipinski definition) is 2. The molecule has 0 spiro atoms. The molecule has 4 heteroatoms. The van der Waals surface area contributed by atoms with Gasteiger partial charge in [-0.1, -0.05) is 72.3 Å². The zero-order chi connectivity index (χ0) is 27.5. The molecule has 0 bridgehead atoms. The summed E-state index contributed by atoms with van der Waals surface area (Å²) in [4.78, 5) is 15.4. The molecule has 3 nitrogen and oxygen atoms in total. The first kappa shape index (κ1) is 26.0. The van der Waals surface area contributed by atoms with E-state index in [-0.39, 0.29) is 11.7 Å². The van der Waals surface area contributed by atoms with Gasteiger partial charge in [-0.15, -0.1) is 0 Å². The Morgan fingerprint density at radius 1 is 0.775 bits per heavy atom. The number of piperidine rings is 1. The molecule has 0 unspecified atom stereocenters. The quantitative estimate of drug-likeness (QED) is 0.239. The van der Waals surface area contributed by atoms with Crippen molar-refractivity contribution in [3.8, 4) is 11.1 Å². The molecule has 0 aromatic heterocycles. The molecule has 5 aromatic rings. The Morgan fingerprint density at radius 2 is 1.40 bits per heavy atom. The Morgan fingerprint density at radius 3 is 2.10 bits per heavy atom. The maximum absolute atomic E-state index is 13.3. The molecule has 1 N–H and O–H groups in total. The molecule has 1 saturated heterocycles. The largest absolute Gasteiger partial charge is 0.322 e. The van der Waals surface area contributed by atoms with Crippen LogP contribution in [0.3, 0.4) is 0 Å². The lowest BCUT2D eigenvalue weighted by molar-refractivity contribution is 0.102. The monoisotopic (exact) mass is 528 g/mol. The fourth-order valence-corrected chi connectivity index (χ4v) is 5.65. The third-order valence-corrected chi connectivity index (χ3v) is 8.03. The number of rotatable bonds is 6. The van der Waals surface area contributed by atoms with Gasteiger partial charge in [-0.3, -0.25) is 9.69 Å². The van der Waals surface area contributed by atoms with Crippen molar-refractivity contribution in [1.82, 2.24) is 4.90 Å². The Hall–Kier alpha value is -4.28. The van der Waals surface area contributed by atoms with E-state index in [4.69, 9.17) is 0 Å². The molecule has 1 aliphatic rings. The molecule has 1 fully saturated rings. The first-order valence-electron chi connectivity index (χ1n) is 14.0. The third-order valence-electron chi connectivity index (χ3n) is 8.03. The highest BCUT2D eigenvalue weighted by Gasteiger charge is 2.20. The molecule has 6 rings (SSSR count). The Bertz CT molecular complexity index is 1620. The van der Waals surface area contributed by atoms with Crippen LogP contribution in [0.5, 0.6) is 0 Å². The molecule has 0 aliphatic carbocycles. The van der Waals surface area contributed by atoms with Crippen LogP contribution in [-0.2, 0) is 6.54 Å². The second-order valence-electron chi connectivity index (χ2n) is 10.9. The number of benzene rings is 5. The fourth-order valence-electron chi connectivity index (χ4n) is 5.65. The van der Waals surface area contributed by atoms with Gasteiger partial charge in [0.2, 0.25) is 0 Å². The van der Waals surface area contributed by atoms with Crippen LogP contribution < -0.4 is 5.32 Å². The van der Waals surface area contributed by atoms with E-state index in [1.165, 1.54) is 22.1 Å². The van der Waals surface area contributed by atoms with Crippen molar-refractivity contribution < 1.29 is 9.18 Å². The highest BCUT2D eigenvalue weighted by Crippen LogP contribution is 2.29. The number of likely N-dealkylation sites (tertiary alicyclic amines) is 1. The molecule has 1 heterocycles. The summed E-state index contributed by atoms with van der Waals surface area (Å²) < 4.78 is 13.3. The highest BCUT2D eigenvalue weighted by molar-refractivity contribution is 6.05. The number of carbonyl (C=O) groups is 1. The van der Waals surface area contributed by atoms with Crippen molar-refractivity contribution >= 4 is 22.4 Å². The summed E-state index contributed by atoms with van der Waals surface area (Å²) >= 11 is 0. The number of carbonyl (C=O) groups excluding carboxylic acids is 1. The van der Waals surface area contributed by atoms with Crippen LogP contribution in [0.25, 0.3) is 21.9 Å². The van der Waals surface area contributed by atoms with Gasteiger partial charge in [0.15, 0.2) is 0 Å². The molecular formula is C36H33FN2O. The van der Waals surface area contributed by atoms with Crippen molar-refractivity contribution in [3.63, 3.8) is 0 Å². The zero-order valence-corrected chi connectivity index (χ0v) is 22.7. The molecule has 0 atom stereocenters. The molecule has 0 radical (unpaired) electrons. The summed E-state index contributed by atoms with van der Waals surface area (Å²) in [6.07, 6.45) is 2.19. The zero-order valence-electron chi connectivity index (χ0n) is 22.7. The number of amides is 1. The maximum atomic E-state index is 13.3. The predicted molar refractivity (Wildman–Crippen MR) is 162 cm³/mol. The average molecular weight is 529 g/mol. The molecule has 0 saturated carbocycles. The Balaban J connectivity index is 1.06. The standard InChI is InChI=1S/C36H33FN2O/c1-25-2-5-27(6-3-25)28-8-10-31(11-9-28)36(40)38-35-17-14-32-22-26(4-7-33(32)23-35)24-39-20-18-30(19-21-39)29-12-15-34(37)16-13-29/h2-17,22-23,30H,18-21,24H2,1H3,(H,38,40). The van der Waals surface area contributed by atoms with Gasteiger partial charge in [0, 0.05) is 17.8 Å². The molecule has 1 amide bonds. The van der Waals surface area contributed by atoms with Crippen molar-refractivity contribution in [2.45, 2.75) is 32.2 Å². The van der Waals surface area contributed by atoms with Gasteiger partial charge in [-0.2, -0.15) is 0 Å². The average Bonchev–Trinajstić information content (AvgIpc) is 2.98. The number of aryl methyl sites for hydroxylation is 1. The lowest BCUT2D eigenvalue weighted by Gasteiger charge is -2.32. The summed E-state index contributed by atoms with van der Waals surface area (Å²) in [7, 11) is 0. The molecule has 200 valence electrons. The minimum absolute atomic E-state index is 0.115. The summed E-state index contributed by atoms with van der Waals surface area (Å²) in [5.74, 6) is 0.222. The van der Waals surface area contributed by atoms with E-state index in [9.17, 15) is 9.18 Å². The molecule has 1 aliphatic heterocycles. The number of halogens is 1. The predicted octanol–water partition coefficient (Wildman–Crippen LogP) is 8.59.